The smallest absolute Gasteiger partial charge is 0.330 e. The monoisotopic (exact) mass is 316 g/mol. The Bertz CT molecular complexity index is 484. The van der Waals surface area contributed by atoms with E-state index in [2.05, 4.69) is 45.9 Å². The van der Waals surface area contributed by atoms with Gasteiger partial charge in [-0.05, 0) is 60.3 Å². The van der Waals surface area contributed by atoms with Crippen molar-refractivity contribution in [2.45, 2.75) is 60.3 Å². The second kappa shape index (κ2) is 13.8. The summed E-state index contributed by atoms with van der Waals surface area (Å²) in [7, 11) is 0. The van der Waals surface area contributed by atoms with Crippen molar-refractivity contribution >= 4 is 5.97 Å². The molecule has 0 rings (SSSR count). The van der Waals surface area contributed by atoms with Gasteiger partial charge >= 0.3 is 5.97 Å². The Morgan fingerprint density at radius 3 is 2.17 bits per heavy atom. The SMILES string of the molecule is CCOC(=O)/C=C/C=C/C=C(/C)CC/C=C(\C)CCC=C(C)C. The van der Waals surface area contributed by atoms with Gasteiger partial charge in [-0.3, -0.25) is 0 Å². The first-order chi connectivity index (χ1) is 11.0. The van der Waals surface area contributed by atoms with Crippen LogP contribution >= 0.6 is 0 Å². The van der Waals surface area contributed by atoms with E-state index in [1.807, 2.05) is 12.2 Å². The van der Waals surface area contributed by atoms with Crippen molar-refractivity contribution in [1.82, 2.24) is 0 Å². The molecule has 0 spiro atoms. The molecule has 0 heterocycles. The summed E-state index contributed by atoms with van der Waals surface area (Å²) in [5, 5.41) is 0. The summed E-state index contributed by atoms with van der Waals surface area (Å²) >= 11 is 0. The summed E-state index contributed by atoms with van der Waals surface area (Å²) < 4.78 is 4.80. The zero-order valence-corrected chi connectivity index (χ0v) is 15.4. The fraction of sp³-hybridized carbons (Fsp3) is 0.476. The molecular weight excluding hydrogens is 284 g/mol. The van der Waals surface area contributed by atoms with Gasteiger partial charge in [0.1, 0.15) is 0 Å². The van der Waals surface area contributed by atoms with Crippen LogP contribution in [0.5, 0.6) is 0 Å². The van der Waals surface area contributed by atoms with Crippen molar-refractivity contribution in [2.75, 3.05) is 6.61 Å². The van der Waals surface area contributed by atoms with Crippen LogP contribution in [0.1, 0.15) is 60.3 Å². The molecule has 0 aliphatic carbocycles. The van der Waals surface area contributed by atoms with Gasteiger partial charge in [0.25, 0.3) is 0 Å². The molecule has 2 nitrogen and oxygen atoms in total. The molecule has 0 saturated carbocycles. The van der Waals surface area contributed by atoms with Gasteiger partial charge in [-0.2, -0.15) is 0 Å². The molecule has 0 unspecified atom stereocenters. The van der Waals surface area contributed by atoms with E-state index in [1.165, 1.54) is 22.8 Å². The molecule has 0 aromatic heterocycles. The third-order valence-electron chi connectivity index (χ3n) is 3.24. The van der Waals surface area contributed by atoms with Crippen LogP contribution in [0.4, 0.5) is 0 Å². The first kappa shape index (κ1) is 21.2. The number of esters is 1. The van der Waals surface area contributed by atoms with Crippen LogP contribution in [-0.4, -0.2) is 12.6 Å². The summed E-state index contributed by atoms with van der Waals surface area (Å²) in [6, 6.07) is 0. The summed E-state index contributed by atoms with van der Waals surface area (Å²) in [4.78, 5) is 11.1. The quantitative estimate of drug-likeness (QED) is 0.211. The van der Waals surface area contributed by atoms with E-state index in [4.69, 9.17) is 4.74 Å². The summed E-state index contributed by atoms with van der Waals surface area (Å²) in [5.41, 5.74) is 4.18. The number of rotatable bonds is 10. The Morgan fingerprint density at radius 2 is 1.52 bits per heavy atom. The lowest BCUT2D eigenvalue weighted by atomic mass is 10.1. The molecule has 0 atom stereocenters. The molecule has 2 heteroatoms. The fourth-order valence-electron chi connectivity index (χ4n) is 1.93. The maximum Gasteiger partial charge on any atom is 0.330 e. The van der Waals surface area contributed by atoms with Gasteiger partial charge in [0.15, 0.2) is 0 Å². The van der Waals surface area contributed by atoms with E-state index in [-0.39, 0.29) is 5.97 Å². The van der Waals surface area contributed by atoms with Gasteiger partial charge in [-0.1, -0.05) is 53.2 Å². The zero-order chi connectivity index (χ0) is 17.5. The van der Waals surface area contributed by atoms with Crippen molar-refractivity contribution in [3.63, 3.8) is 0 Å². The predicted octanol–water partition coefficient (Wildman–Crippen LogP) is 6.08. The number of hydrogen-bond acceptors (Lipinski definition) is 2. The highest BCUT2D eigenvalue weighted by Crippen LogP contribution is 2.11. The van der Waals surface area contributed by atoms with Crippen molar-refractivity contribution in [3.8, 4) is 0 Å². The Kier molecular flexibility index (Phi) is 12.7. The molecule has 0 fully saturated rings. The number of allylic oxidation sites excluding steroid dienone is 9. The maximum absolute atomic E-state index is 11.1. The topological polar surface area (TPSA) is 26.3 Å². The summed E-state index contributed by atoms with van der Waals surface area (Å²) in [6.45, 7) is 10.8. The standard InChI is InChI=1S/C21H32O2/c1-6-23-21(22)17-9-7-8-13-19(4)15-11-16-20(5)14-10-12-18(2)3/h7-9,12-13,16-17H,6,10-11,14-15H2,1-5H3/b8-7+,17-9+,19-13-,20-16+. The Balaban J connectivity index is 4.06. The predicted molar refractivity (Wildman–Crippen MR) is 100 cm³/mol. The van der Waals surface area contributed by atoms with Crippen LogP contribution in [0.15, 0.2) is 59.3 Å². The van der Waals surface area contributed by atoms with E-state index >= 15 is 0 Å². The van der Waals surface area contributed by atoms with Crippen LogP contribution in [0, 0.1) is 0 Å². The molecule has 0 bridgehead atoms. The van der Waals surface area contributed by atoms with E-state index in [0.717, 1.165) is 25.7 Å². The minimum absolute atomic E-state index is 0.299. The third-order valence-corrected chi connectivity index (χ3v) is 3.24. The van der Waals surface area contributed by atoms with Crippen molar-refractivity contribution in [3.05, 3.63) is 59.3 Å². The number of hydrogen-bond donors (Lipinski definition) is 0. The largest absolute Gasteiger partial charge is 0.463 e. The van der Waals surface area contributed by atoms with Crippen LogP contribution in [-0.2, 0) is 9.53 Å². The van der Waals surface area contributed by atoms with Crippen molar-refractivity contribution < 1.29 is 9.53 Å². The minimum atomic E-state index is -0.299. The van der Waals surface area contributed by atoms with Gasteiger partial charge in [-0.15, -0.1) is 0 Å². The zero-order valence-electron chi connectivity index (χ0n) is 15.4. The first-order valence-electron chi connectivity index (χ1n) is 8.42. The lowest BCUT2D eigenvalue weighted by Gasteiger charge is -2.00. The highest BCUT2D eigenvalue weighted by Gasteiger charge is 1.92. The average molecular weight is 316 g/mol. The maximum atomic E-state index is 11.1. The van der Waals surface area contributed by atoms with E-state index < -0.39 is 0 Å². The van der Waals surface area contributed by atoms with Gasteiger partial charge in [-0.25, -0.2) is 4.79 Å². The number of carbonyl (C=O) groups excluding carboxylic acids is 1. The molecule has 0 radical (unpaired) electrons. The first-order valence-corrected chi connectivity index (χ1v) is 8.42. The van der Waals surface area contributed by atoms with Gasteiger partial charge < -0.3 is 4.74 Å². The van der Waals surface area contributed by atoms with E-state index in [1.54, 1.807) is 13.0 Å². The lowest BCUT2D eigenvalue weighted by molar-refractivity contribution is -0.137. The highest BCUT2D eigenvalue weighted by molar-refractivity contribution is 5.82. The molecule has 23 heavy (non-hydrogen) atoms. The molecular formula is C21H32O2. The number of ether oxygens (including phenoxy) is 1. The van der Waals surface area contributed by atoms with Crippen molar-refractivity contribution in [1.29, 1.82) is 0 Å². The molecule has 0 aromatic rings. The molecule has 0 aliphatic rings. The second-order valence-corrected chi connectivity index (χ2v) is 5.92. The molecule has 0 aromatic carbocycles. The van der Waals surface area contributed by atoms with E-state index in [9.17, 15) is 4.79 Å². The Labute approximate surface area is 142 Å². The number of carbonyl (C=O) groups is 1. The molecule has 0 N–H and O–H groups in total. The van der Waals surface area contributed by atoms with Crippen LogP contribution in [0.3, 0.4) is 0 Å². The van der Waals surface area contributed by atoms with Crippen molar-refractivity contribution in [2.24, 2.45) is 0 Å². The second-order valence-electron chi connectivity index (χ2n) is 5.92. The van der Waals surface area contributed by atoms with Crippen LogP contribution in [0.25, 0.3) is 0 Å². The molecule has 0 aliphatic heterocycles. The average Bonchev–Trinajstić information content (AvgIpc) is 2.46. The Morgan fingerprint density at radius 1 is 0.870 bits per heavy atom. The minimum Gasteiger partial charge on any atom is -0.463 e. The molecule has 0 amide bonds. The highest BCUT2D eigenvalue weighted by atomic mass is 16.5. The Hall–Kier alpha value is -1.83. The molecule has 128 valence electrons. The van der Waals surface area contributed by atoms with Gasteiger partial charge in [0.05, 0.1) is 6.61 Å². The van der Waals surface area contributed by atoms with Crippen LogP contribution < -0.4 is 0 Å². The fourth-order valence-corrected chi connectivity index (χ4v) is 1.93. The molecule has 0 saturated heterocycles. The lowest BCUT2D eigenvalue weighted by Crippen LogP contribution is -1.98. The van der Waals surface area contributed by atoms with Gasteiger partial charge in [0.2, 0.25) is 0 Å². The van der Waals surface area contributed by atoms with E-state index in [0.29, 0.717) is 6.61 Å². The van der Waals surface area contributed by atoms with Crippen LogP contribution in [0.2, 0.25) is 0 Å². The third kappa shape index (κ3) is 14.9. The summed E-state index contributed by atoms with van der Waals surface area (Å²) in [5.74, 6) is -0.299. The van der Waals surface area contributed by atoms with Gasteiger partial charge in [0, 0.05) is 6.08 Å². The normalized spacial score (nSPS) is 12.9. The summed E-state index contributed by atoms with van der Waals surface area (Å²) in [6.07, 6.45) is 18.1.